The van der Waals surface area contributed by atoms with Crippen molar-refractivity contribution in [1.29, 1.82) is 0 Å². The van der Waals surface area contributed by atoms with Gasteiger partial charge in [-0.3, -0.25) is 0 Å². The van der Waals surface area contributed by atoms with Crippen LogP contribution in [-0.4, -0.2) is 10.7 Å². The molecule has 0 saturated heterocycles. The Kier molecular flexibility index (Phi) is 3.12. The Morgan fingerprint density at radius 3 is 2.68 bits per heavy atom. The largest absolute Gasteiger partial charge is 0.377 e. The van der Waals surface area contributed by atoms with Crippen LogP contribution in [0.4, 0.5) is 0 Å². The molecule has 0 bridgehead atoms. The SMILES string of the molecule is C#C[C@]1(O)CCC2C3CC=C4CCCC[C@]4(C)C3CC[C@@]21C. The highest BCUT2D eigenvalue weighted by Gasteiger charge is 2.63. The lowest BCUT2D eigenvalue weighted by molar-refractivity contribution is -0.0941. The number of aliphatic hydroxyl groups is 1. The molecule has 4 rings (SSSR count). The predicted molar refractivity (Wildman–Crippen MR) is 90.1 cm³/mol. The summed E-state index contributed by atoms with van der Waals surface area (Å²) in [5.74, 6) is 4.96. The van der Waals surface area contributed by atoms with Crippen LogP contribution < -0.4 is 0 Å². The molecule has 22 heavy (non-hydrogen) atoms. The highest BCUT2D eigenvalue weighted by atomic mass is 16.3. The lowest BCUT2D eigenvalue weighted by atomic mass is 9.47. The average Bonchev–Trinajstić information content (AvgIpc) is 2.79. The van der Waals surface area contributed by atoms with Crippen molar-refractivity contribution in [3.05, 3.63) is 11.6 Å². The summed E-state index contributed by atoms with van der Waals surface area (Å²) in [5, 5.41) is 11.0. The summed E-state index contributed by atoms with van der Waals surface area (Å²) in [7, 11) is 0. The van der Waals surface area contributed by atoms with E-state index in [9.17, 15) is 5.11 Å². The van der Waals surface area contributed by atoms with Crippen molar-refractivity contribution >= 4 is 0 Å². The van der Waals surface area contributed by atoms with Crippen molar-refractivity contribution in [1.82, 2.24) is 0 Å². The van der Waals surface area contributed by atoms with E-state index in [1.54, 1.807) is 5.57 Å². The first-order valence-corrected chi connectivity index (χ1v) is 9.34. The monoisotopic (exact) mass is 298 g/mol. The minimum absolute atomic E-state index is 0.0563. The number of hydrogen-bond acceptors (Lipinski definition) is 1. The van der Waals surface area contributed by atoms with Gasteiger partial charge in [-0.15, -0.1) is 6.42 Å². The van der Waals surface area contributed by atoms with E-state index in [1.807, 2.05) is 0 Å². The molecule has 3 saturated carbocycles. The molecule has 0 heterocycles. The Morgan fingerprint density at radius 1 is 1.14 bits per heavy atom. The molecule has 0 aromatic heterocycles. The van der Waals surface area contributed by atoms with Gasteiger partial charge in [0.1, 0.15) is 5.60 Å². The van der Waals surface area contributed by atoms with Crippen molar-refractivity contribution in [3.63, 3.8) is 0 Å². The molecule has 3 unspecified atom stereocenters. The number of allylic oxidation sites excluding steroid dienone is 2. The van der Waals surface area contributed by atoms with Gasteiger partial charge >= 0.3 is 0 Å². The van der Waals surface area contributed by atoms with Crippen LogP contribution in [0.1, 0.15) is 71.6 Å². The van der Waals surface area contributed by atoms with Crippen LogP contribution in [0.5, 0.6) is 0 Å². The molecule has 4 aliphatic carbocycles. The molecule has 4 aliphatic rings. The zero-order valence-electron chi connectivity index (χ0n) is 14.2. The Balaban J connectivity index is 1.71. The smallest absolute Gasteiger partial charge is 0.130 e. The summed E-state index contributed by atoms with van der Waals surface area (Å²) < 4.78 is 0. The summed E-state index contributed by atoms with van der Waals surface area (Å²) in [6, 6.07) is 0. The van der Waals surface area contributed by atoms with Crippen molar-refractivity contribution in [3.8, 4) is 12.3 Å². The first kappa shape index (κ1) is 14.8. The van der Waals surface area contributed by atoms with E-state index >= 15 is 0 Å². The second-order valence-electron chi connectivity index (χ2n) is 8.97. The van der Waals surface area contributed by atoms with Crippen LogP contribution in [0.3, 0.4) is 0 Å². The molecule has 1 N–H and O–H groups in total. The molecule has 1 nitrogen and oxygen atoms in total. The maximum atomic E-state index is 11.0. The van der Waals surface area contributed by atoms with Gasteiger partial charge in [-0.2, -0.15) is 0 Å². The van der Waals surface area contributed by atoms with Crippen molar-refractivity contribution in [2.24, 2.45) is 28.6 Å². The summed E-state index contributed by atoms with van der Waals surface area (Å²) in [5.41, 5.74) is 1.28. The Hall–Kier alpha value is -0.740. The van der Waals surface area contributed by atoms with E-state index in [0.29, 0.717) is 11.3 Å². The quantitative estimate of drug-likeness (QED) is 0.507. The van der Waals surface area contributed by atoms with Gasteiger partial charge in [-0.05, 0) is 74.5 Å². The third-order valence-electron chi connectivity index (χ3n) is 8.41. The van der Waals surface area contributed by atoms with Crippen molar-refractivity contribution < 1.29 is 5.11 Å². The molecule has 0 spiro atoms. The molecule has 6 atom stereocenters. The molecular formula is C21H30O. The number of rotatable bonds is 0. The van der Waals surface area contributed by atoms with Gasteiger partial charge in [-0.25, -0.2) is 0 Å². The highest BCUT2D eigenvalue weighted by molar-refractivity contribution is 5.28. The van der Waals surface area contributed by atoms with E-state index < -0.39 is 5.60 Å². The fourth-order valence-corrected chi connectivity index (χ4v) is 6.95. The zero-order valence-corrected chi connectivity index (χ0v) is 14.2. The van der Waals surface area contributed by atoms with Gasteiger partial charge < -0.3 is 5.11 Å². The van der Waals surface area contributed by atoms with Crippen LogP contribution in [0.2, 0.25) is 0 Å². The standard InChI is InChI=1S/C21H30O/c1-4-21(22)14-11-18-16-9-8-15-7-5-6-12-19(15,2)17(16)10-13-20(18,21)3/h1,8,16-18,22H,5-7,9-14H2,2-3H3/t16?,17?,18?,19-,20-,21-/m0/s1. The minimum atomic E-state index is -0.861. The Labute approximate surface area is 135 Å². The summed E-state index contributed by atoms with van der Waals surface area (Å²) in [4.78, 5) is 0. The molecule has 1 heteroatoms. The molecule has 3 fully saturated rings. The fraction of sp³-hybridized carbons (Fsp3) is 0.810. The fourth-order valence-electron chi connectivity index (χ4n) is 6.95. The summed E-state index contributed by atoms with van der Waals surface area (Å²) >= 11 is 0. The van der Waals surface area contributed by atoms with Crippen LogP contribution in [0, 0.1) is 40.9 Å². The average molecular weight is 298 g/mol. The topological polar surface area (TPSA) is 20.2 Å². The van der Waals surface area contributed by atoms with Gasteiger partial charge in [0.05, 0.1) is 0 Å². The maximum absolute atomic E-state index is 11.0. The van der Waals surface area contributed by atoms with Crippen LogP contribution in [0.25, 0.3) is 0 Å². The second-order valence-corrected chi connectivity index (χ2v) is 8.97. The van der Waals surface area contributed by atoms with E-state index in [-0.39, 0.29) is 5.41 Å². The van der Waals surface area contributed by atoms with Crippen LogP contribution >= 0.6 is 0 Å². The zero-order chi connectivity index (χ0) is 15.6. The predicted octanol–water partition coefficient (Wildman–Crippen LogP) is 4.70. The summed E-state index contributed by atoms with van der Waals surface area (Å²) in [6.45, 7) is 4.82. The molecule has 0 aromatic rings. The first-order valence-electron chi connectivity index (χ1n) is 9.34. The van der Waals surface area contributed by atoms with E-state index in [1.165, 1.54) is 38.5 Å². The Morgan fingerprint density at radius 2 is 1.91 bits per heavy atom. The van der Waals surface area contributed by atoms with E-state index in [2.05, 4.69) is 25.8 Å². The van der Waals surface area contributed by atoms with Gasteiger partial charge in [0.25, 0.3) is 0 Å². The first-order chi connectivity index (χ1) is 10.4. The lowest BCUT2D eigenvalue weighted by Gasteiger charge is -2.58. The number of fused-ring (bicyclic) bond motifs is 5. The summed E-state index contributed by atoms with van der Waals surface area (Å²) in [6.07, 6.45) is 19.4. The third-order valence-corrected chi connectivity index (χ3v) is 8.41. The van der Waals surface area contributed by atoms with Gasteiger partial charge in [-0.1, -0.05) is 37.8 Å². The van der Waals surface area contributed by atoms with Crippen LogP contribution in [0.15, 0.2) is 11.6 Å². The van der Waals surface area contributed by atoms with E-state index in [4.69, 9.17) is 6.42 Å². The molecule has 0 aliphatic heterocycles. The van der Waals surface area contributed by atoms with Gasteiger partial charge in [0.2, 0.25) is 0 Å². The molecule has 0 aromatic carbocycles. The van der Waals surface area contributed by atoms with Crippen LogP contribution in [-0.2, 0) is 0 Å². The molecule has 0 amide bonds. The molecule has 120 valence electrons. The third kappa shape index (κ3) is 1.66. The number of hydrogen-bond donors (Lipinski definition) is 1. The minimum Gasteiger partial charge on any atom is -0.377 e. The highest BCUT2D eigenvalue weighted by Crippen LogP contribution is 2.66. The maximum Gasteiger partial charge on any atom is 0.130 e. The Bertz CT molecular complexity index is 555. The molecular weight excluding hydrogens is 268 g/mol. The lowest BCUT2D eigenvalue weighted by Crippen LogP contribution is -2.53. The second kappa shape index (κ2) is 4.64. The number of terminal acetylenes is 1. The molecule has 0 radical (unpaired) electrons. The van der Waals surface area contributed by atoms with Gasteiger partial charge in [0.15, 0.2) is 0 Å². The van der Waals surface area contributed by atoms with Crippen molar-refractivity contribution in [2.45, 2.75) is 77.2 Å². The van der Waals surface area contributed by atoms with Crippen molar-refractivity contribution in [2.75, 3.05) is 0 Å². The van der Waals surface area contributed by atoms with Gasteiger partial charge in [0, 0.05) is 5.41 Å². The normalized spacial score (nSPS) is 53.7. The van der Waals surface area contributed by atoms with E-state index in [0.717, 1.165) is 31.1 Å².